The van der Waals surface area contributed by atoms with E-state index < -0.39 is 18.2 Å². The van der Waals surface area contributed by atoms with Crippen LogP contribution in [0.25, 0.3) is 0 Å². The zero-order valence-corrected chi connectivity index (χ0v) is 10.1. The molecule has 0 aromatic rings. The summed E-state index contributed by atoms with van der Waals surface area (Å²) in [5.74, 6) is 0. The first-order chi connectivity index (χ1) is 4.00. The predicted molar refractivity (Wildman–Crippen MR) is 26.6 cm³/mol. The quantitative estimate of drug-likeness (QED) is 0.141. The first-order valence-corrected chi connectivity index (χ1v) is 4.40. The fourth-order valence-electron chi connectivity index (χ4n) is 0. The summed E-state index contributed by atoms with van der Waals surface area (Å²) < 4.78 is 41.7. The van der Waals surface area contributed by atoms with Gasteiger partial charge in [-0.3, -0.25) is 4.55 Å². The van der Waals surface area contributed by atoms with Crippen LogP contribution in [-0.2, 0) is 15.0 Å². The van der Waals surface area contributed by atoms with Gasteiger partial charge in [-0.1, -0.05) is 0 Å². The molecule has 64 valence electrons. The second-order valence-electron chi connectivity index (χ2n) is 0.941. The van der Waals surface area contributed by atoms with Gasteiger partial charge < -0.3 is 19.2 Å². The topological polar surface area (TPSA) is 155 Å². The molecule has 0 aromatic carbocycles. The van der Waals surface area contributed by atoms with Crippen molar-refractivity contribution in [3.8, 4) is 0 Å². The number of rotatable bonds is 0. The van der Waals surface area contributed by atoms with E-state index in [0.717, 1.165) is 0 Å². The van der Waals surface area contributed by atoms with Crippen molar-refractivity contribution in [2.45, 2.75) is 0 Å². The molecule has 0 aliphatic carbocycles. The van der Waals surface area contributed by atoms with Crippen LogP contribution in [0.15, 0.2) is 0 Å². The minimum Gasteiger partial charge on any atom is -0.726 e. The largest absolute Gasteiger partial charge is 1.00 e. The Kier molecular flexibility index (Phi) is 11.8. The molecule has 0 saturated carbocycles. The van der Waals surface area contributed by atoms with Gasteiger partial charge in [0, 0.05) is 0 Å². The van der Waals surface area contributed by atoms with Crippen LogP contribution in [-0.4, -0.2) is 32.2 Å². The van der Waals surface area contributed by atoms with Crippen LogP contribution >= 0.6 is 7.82 Å². The molecule has 0 aliphatic heterocycles. The molecule has 0 radical (unpaired) electrons. The van der Waals surface area contributed by atoms with E-state index in [0.29, 0.717) is 0 Å². The van der Waals surface area contributed by atoms with Crippen molar-refractivity contribution in [3.05, 3.63) is 0 Å². The summed E-state index contributed by atoms with van der Waals surface area (Å²) in [6.45, 7) is 0. The second-order valence-corrected chi connectivity index (χ2v) is 2.82. The van der Waals surface area contributed by atoms with Crippen molar-refractivity contribution in [3.63, 3.8) is 0 Å². The van der Waals surface area contributed by atoms with E-state index in [4.69, 9.17) is 36.8 Å². The maximum absolute atomic E-state index is 8.88. The van der Waals surface area contributed by atoms with Crippen molar-refractivity contribution < 1.29 is 88.2 Å². The van der Waals surface area contributed by atoms with E-state index >= 15 is 0 Å². The molecule has 11 heavy (non-hydrogen) atoms. The molecule has 0 aliphatic rings. The Morgan fingerprint density at radius 2 is 1.18 bits per heavy atom. The maximum Gasteiger partial charge on any atom is 1.00 e. The molecule has 8 nitrogen and oxygen atoms in total. The van der Waals surface area contributed by atoms with Crippen LogP contribution in [0.3, 0.4) is 0 Å². The van der Waals surface area contributed by atoms with Gasteiger partial charge in [-0.05, 0) is 0 Å². The third kappa shape index (κ3) is 411. The van der Waals surface area contributed by atoms with Crippen LogP contribution in [0, 0.1) is 0 Å². The standard InChI is InChI=1S/K.H3O4P.H2O4S/c;2*1-5(2,3)4/h;(H3,1,2,3,4);(H2,1,2,3,4)/q+1;;/p-1. The minimum absolute atomic E-state index is 0. The molecule has 4 N–H and O–H groups in total. The van der Waals surface area contributed by atoms with E-state index in [1.54, 1.807) is 0 Å². The van der Waals surface area contributed by atoms with Gasteiger partial charge in [-0.15, -0.1) is 0 Å². The second kappa shape index (κ2) is 7.06. The van der Waals surface area contributed by atoms with Gasteiger partial charge in [-0.2, -0.15) is 0 Å². The molecule has 0 atom stereocenters. The third-order valence-corrected chi connectivity index (χ3v) is 0. The summed E-state index contributed by atoms with van der Waals surface area (Å²) in [5, 5.41) is 0. The third-order valence-electron chi connectivity index (χ3n) is 0. The smallest absolute Gasteiger partial charge is 0.726 e. The minimum atomic E-state index is -4.92. The number of phosphoric acid groups is 1. The fourth-order valence-corrected chi connectivity index (χ4v) is 0. The first-order valence-electron chi connectivity index (χ1n) is 1.47. The van der Waals surface area contributed by atoms with Gasteiger partial charge in [0.05, 0.1) is 0 Å². The van der Waals surface area contributed by atoms with E-state index in [9.17, 15) is 0 Å². The van der Waals surface area contributed by atoms with Gasteiger partial charge in [0.1, 0.15) is 0 Å². The van der Waals surface area contributed by atoms with Crippen LogP contribution in [0.2, 0.25) is 0 Å². The summed E-state index contributed by atoms with van der Waals surface area (Å²) in [5.41, 5.74) is 0. The van der Waals surface area contributed by atoms with Gasteiger partial charge in [0.2, 0.25) is 10.4 Å². The van der Waals surface area contributed by atoms with Crippen LogP contribution in [0.4, 0.5) is 0 Å². The number of hydrogen-bond acceptors (Lipinski definition) is 4. The first kappa shape index (κ1) is 18.4. The molecule has 11 heteroatoms. The van der Waals surface area contributed by atoms with E-state index in [-0.39, 0.29) is 51.4 Å². The monoisotopic (exact) mass is 234 g/mol. The molecule has 0 fully saturated rings. The Morgan fingerprint density at radius 3 is 1.18 bits per heavy atom. The van der Waals surface area contributed by atoms with E-state index in [1.807, 2.05) is 0 Å². The van der Waals surface area contributed by atoms with Gasteiger partial charge in [0.25, 0.3) is 0 Å². The SMILES string of the molecule is O=P(O)(O)O.O=S(=O)([O-])O.[K+]. The normalized spacial score (nSPS) is 10.6. The molecule has 0 saturated heterocycles. The summed E-state index contributed by atoms with van der Waals surface area (Å²) in [7, 11) is -9.56. The van der Waals surface area contributed by atoms with Crippen molar-refractivity contribution in [2.75, 3.05) is 0 Å². The predicted octanol–water partition coefficient (Wildman–Crippen LogP) is -4.92. The zero-order valence-electron chi connectivity index (χ0n) is 5.28. The summed E-state index contributed by atoms with van der Waals surface area (Å²) >= 11 is 0. The summed E-state index contributed by atoms with van der Waals surface area (Å²) in [4.78, 5) is 21.6. The molecule has 0 bridgehead atoms. The Labute approximate surface area is 105 Å². The molecular weight excluding hydrogens is 230 g/mol. The van der Waals surface area contributed by atoms with Gasteiger partial charge >= 0.3 is 59.2 Å². The molecule has 0 unspecified atom stereocenters. The molecule has 0 rings (SSSR count). The average molecular weight is 234 g/mol. The van der Waals surface area contributed by atoms with Crippen LogP contribution < -0.4 is 51.4 Å². The molecule has 0 amide bonds. The zero-order chi connectivity index (χ0) is 9.00. The summed E-state index contributed by atoms with van der Waals surface area (Å²) in [6.07, 6.45) is 0. The van der Waals surface area contributed by atoms with Crippen molar-refractivity contribution >= 4 is 18.2 Å². The Bertz CT molecular complexity index is 192. The van der Waals surface area contributed by atoms with Gasteiger partial charge in [-0.25, -0.2) is 13.0 Å². The Balaban J connectivity index is -0.000000107. The van der Waals surface area contributed by atoms with Crippen molar-refractivity contribution in [1.82, 2.24) is 0 Å². The molecule has 0 aromatic heterocycles. The molecule has 0 spiro atoms. The average Bonchev–Trinajstić information content (AvgIpc) is 1.12. The summed E-state index contributed by atoms with van der Waals surface area (Å²) in [6, 6.07) is 0. The van der Waals surface area contributed by atoms with E-state index in [1.165, 1.54) is 0 Å². The Hall–Kier alpha value is 1.62. The molecule has 0 heterocycles. The van der Waals surface area contributed by atoms with Crippen LogP contribution in [0.5, 0.6) is 0 Å². The maximum atomic E-state index is 8.88. The number of hydrogen-bond donors (Lipinski definition) is 4. The van der Waals surface area contributed by atoms with Gasteiger partial charge in [0.15, 0.2) is 0 Å². The fraction of sp³-hybridized carbons (Fsp3) is 0. The molecular formula is H4KO8PS. The van der Waals surface area contributed by atoms with Crippen LogP contribution in [0.1, 0.15) is 0 Å². The van der Waals surface area contributed by atoms with E-state index in [2.05, 4.69) is 0 Å². The van der Waals surface area contributed by atoms with Crippen molar-refractivity contribution in [2.24, 2.45) is 0 Å². The Morgan fingerprint density at radius 1 is 1.18 bits per heavy atom. The van der Waals surface area contributed by atoms with Crippen molar-refractivity contribution in [1.29, 1.82) is 0 Å².